The van der Waals surface area contributed by atoms with Crippen molar-refractivity contribution >= 4 is 18.1 Å². The van der Waals surface area contributed by atoms with E-state index in [0.29, 0.717) is 17.9 Å². The molecule has 0 spiro atoms. The summed E-state index contributed by atoms with van der Waals surface area (Å²) in [7, 11) is 0. The van der Waals surface area contributed by atoms with Crippen LogP contribution in [0.2, 0.25) is 0 Å². The molecule has 136 valence electrons. The number of nitrogens with one attached hydrogen (secondary N) is 1. The molecule has 0 saturated heterocycles. The largest absolute Gasteiger partial charge is 0.494 e. The molecule has 2 aromatic carbocycles. The van der Waals surface area contributed by atoms with Crippen LogP contribution in [0, 0.1) is 0 Å². The topological polar surface area (TPSA) is 97.2 Å². The number of hydrazone groups is 1. The van der Waals surface area contributed by atoms with Crippen molar-refractivity contribution in [1.29, 1.82) is 0 Å². The van der Waals surface area contributed by atoms with Gasteiger partial charge in [0.05, 0.1) is 12.8 Å². The Kier molecular flexibility index (Phi) is 7.17. The van der Waals surface area contributed by atoms with Gasteiger partial charge in [0.25, 0.3) is 5.91 Å². The molecule has 0 fully saturated rings. The summed E-state index contributed by atoms with van der Waals surface area (Å²) in [4.78, 5) is 22.5. The number of carboxylic acids is 1. The number of carboxylic acid groups (broad SMARTS) is 1. The summed E-state index contributed by atoms with van der Waals surface area (Å²) in [5.74, 6) is -0.205. The van der Waals surface area contributed by atoms with Gasteiger partial charge in [-0.3, -0.25) is 4.79 Å². The fourth-order valence-corrected chi connectivity index (χ4v) is 1.95. The number of benzene rings is 2. The Bertz CT molecular complexity index is 755. The lowest BCUT2D eigenvalue weighted by Gasteiger charge is -2.05. The van der Waals surface area contributed by atoms with Crippen molar-refractivity contribution in [3.63, 3.8) is 0 Å². The normalized spacial score (nSPS) is 10.5. The quantitative estimate of drug-likeness (QED) is 0.532. The van der Waals surface area contributed by atoms with Crippen LogP contribution >= 0.6 is 0 Å². The van der Waals surface area contributed by atoms with Gasteiger partial charge < -0.3 is 14.6 Å². The van der Waals surface area contributed by atoms with E-state index in [2.05, 4.69) is 10.5 Å². The minimum absolute atomic E-state index is 0.329. The van der Waals surface area contributed by atoms with Gasteiger partial charge in [-0.15, -0.1) is 0 Å². The number of hydrogen-bond acceptors (Lipinski definition) is 5. The fraction of sp³-hybridized carbons (Fsp3) is 0.211. The molecule has 2 aromatic rings. The third-order valence-electron chi connectivity index (χ3n) is 3.21. The van der Waals surface area contributed by atoms with Gasteiger partial charge in [-0.1, -0.05) is 6.92 Å². The van der Waals surface area contributed by atoms with Crippen LogP contribution in [0.15, 0.2) is 53.6 Å². The number of rotatable bonds is 9. The van der Waals surface area contributed by atoms with E-state index in [4.69, 9.17) is 14.6 Å². The Morgan fingerprint density at radius 1 is 1.04 bits per heavy atom. The SMILES string of the molecule is CCCOc1ccc(C(=O)N/N=C\c2ccc(OCC(=O)O)cc2)cc1. The van der Waals surface area contributed by atoms with Crippen molar-refractivity contribution in [2.24, 2.45) is 5.10 Å². The minimum Gasteiger partial charge on any atom is -0.494 e. The zero-order valence-electron chi connectivity index (χ0n) is 14.3. The van der Waals surface area contributed by atoms with Crippen LogP contribution in [-0.4, -0.2) is 36.4 Å². The third-order valence-corrected chi connectivity index (χ3v) is 3.21. The number of carbonyl (C=O) groups is 2. The average Bonchev–Trinajstić information content (AvgIpc) is 2.66. The van der Waals surface area contributed by atoms with Gasteiger partial charge in [0, 0.05) is 5.56 Å². The van der Waals surface area contributed by atoms with Crippen LogP contribution in [0.5, 0.6) is 11.5 Å². The molecule has 2 N–H and O–H groups in total. The van der Waals surface area contributed by atoms with Crippen LogP contribution in [-0.2, 0) is 4.79 Å². The van der Waals surface area contributed by atoms with Gasteiger partial charge in [0.2, 0.25) is 0 Å². The summed E-state index contributed by atoms with van der Waals surface area (Å²) in [6, 6.07) is 13.5. The highest BCUT2D eigenvalue weighted by molar-refractivity contribution is 5.95. The first-order valence-electron chi connectivity index (χ1n) is 8.09. The molecule has 0 aliphatic carbocycles. The van der Waals surface area contributed by atoms with E-state index in [9.17, 15) is 9.59 Å². The maximum absolute atomic E-state index is 12.0. The minimum atomic E-state index is -1.04. The Morgan fingerprint density at radius 3 is 2.27 bits per heavy atom. The molecule has 1 amide bonds. The summed E-state index contributed by atoms with van der Waals surface area (Å²) in [6.07, 6.45) is 2.40. The zero-order valence-corrected chi connectivity index (χ0v) is 14.3. The second kappa shape index (κ2) is 9.83. The summed E-state index contributed by atoms with van der Waals surface area (Å²) in [5, 5.41) is 12.5. The van der Waals surface area contributed by atoms with Gasteiger partial charge in [-0.25, -0.2) is 10.2 Å². The van der Waals surface area contributed by atoms with Gasteiger partial charge >= 0.3 is 5.97 Å². The first-order chi connectivity index (χ1) is 12.6. The molecule has 2 rings (SSSR count). The fourth-order valence-electron chi connectivity index (χ4n) is 1.95. The Labute approximate surface area is 151 Å². The van der Waals surface area contributed by atoms with Crippen LogP contribution in [0.3, 0.4) is 0 Å². The summed E-state index contributed by atoms with van der Waals surface area (Å²) in [5.41, 5.74) is 3.65. The molecule has 7 nitrogen and oxygen atoms in total. The van der Waals surface area contributed by atoms with Crippen molar-refractivity contribution in [3.8, 4) is 11.5 Å². The van der Waals surface area contributed by atoms with E-state index in [-0.39, 0.29) is 5.91 Å². The number of aliphatic carboxylic acids is 1. The highest BCUT2D eigenvalue weighted by atomic mass is 16.5. The number of ether oxygens (including phenoxy) is 2. The smallest absolute Gasteiger partial charge is 0.341 e. The first kappa shape index (κ1) is 19.0. The Morgan fingerprint density at radius 2 is 1.65 bits per heavy atom. The zero-order chi connectivity index (χ0) is 18.8. The van der Waals surface area contributed by atoms with Gasteiger partial charge in [-0.2, -0.15) is 5.10 Å². The van der Waals surface area contributed by atoms with Crippen molar-refractivity contribution in [3.05, 3.63) is 59.7 Å². The molecular formula is C19H20N2O5. The lowest BCUT2D eigenvalue weighted by atomic mass is 10.2. The number of amides is 1. The lowest BCUT2D eigenvalue weighted by Crippen LogP contribution is -2.17. The molecule has 0 bridgehead atoms. The molecule has 0 unspecified atom stereocenters. The standard InChI is InChI=1S/C19H20N2O5/c1-2-11-25-16-9-5-15(6-10-16)19(24)21-20-12-14-3-7-17(8-4-14)26-13-18(22)23/h3-10,12H,2,11,13H2,1H3,(H,21,24)(H,22,23)/b20-12-. The van der Waals surface area contributed by atoms with Crippen molar-refractivity contribution in [1.82, 2.24) is 5.43 Å². The predicted molar refractivity (Wildman–Crippen MR) is 96.9 cm³/mol. The molecule has 0 aromatic heterocycles. The summed E-state index contributed by atoms with van der Waals surface area (Å²) >= 11 is 0. The van der Waals surface area contributed by atoms with E-state index in [1.807, 2.05) is 6.92 Å². The van der Waals surface area contributed by atoms with E-state index < -0.39 is 12.6 Å². The maximum Gasteiger partial charge on any atom is 0.341 e. The van der Waals surface area contributed by atoms with Gasteiger partial charge in [-0.05, 0) is 60.5 Å². The van der Waals surface area contributed by atoms with E-state index in [0.717, 1.165) is 17.7 Å². The maximum atomic E-state index is 12.0. The Hall–Kier alpha value is -3.35. The molecule has 0 aliphatic heterocycles. The number of nitrogens with zero attached hydrogens (tertiary/aromatic N) is 1. The number of carbonyl (C=O) groups excluding carboxylic acids is 1. The molecule has 0 atom stereocenters. The van der Waals surface area contributed by atoms with Crippen molar-refractivity contribution in [2.45, 2.75) is 13.3 Å². The molecule has 7 heteroatoms. The second-order valence-electron chi connectivity index (χ2n) is 5.32. The molecule has 0 aliphatic rings. The summed E-state index contributed by atoms with van der Waals surface area (Å²) in [6.45, 7) is 2.26. The van der Waals surface area contributed by atoms with E-state index in [1.165, 1.54) is 6.21 Å². The van der Waals surface area contributed by atoms with E-state index >= 15 is 0 Å². The van der Waals surface area contributed by atoms with Crippen molar-refractivity contribution < 1.29 is 24.2 Å². The highest BCUT2D eigenvalue weighted by Gasteiger charge is 2.04. The second-order valence-corrected chi connectivity index (χ2v) is 5.32. The average molecular weight is 356 g/mol. The summed E-state index contributed by atoms with van der Waals surface area (Å²) < 4.78 is 10.5. The van der Waals surface area contributed by atoms with E-state index in [1.54, 1.807) is 48.5 Å². The first-order valence-corrected chi connectivity index (χ1v) is 8.09. The molecule has 0 saturated carbocycles. The Balaban J connectivity index is 1.85. The van der Waals surface area contributed by atoms with Gasteiger partial charge in [0.15, 0.2) is 6.61 Å². The molecule has 26 heavy (non-hydrogen) atoms. The monoisotopic (exact) mass is 356 g/mol. The van der Waals surface area contributed by atoms with Crippen molar-refractivity contribution in [2.75, 3.05) is 13.2 Å². The van der Waals surface area contributed by atoms with Crippen LogP contribution in [0.1, 0.15) is 29.3 Å². The predicted octanol–water partition coefficient (Wildman–Crippen LogP) is 2.70. The van der Waals surface area contributed by atoms with Crippen LogP contribution < -0.4 is 14.9 Å². The lowest BCUT2D eigenvalue weighted by molar-refractivity contribution is -0.139. The third kappa shape index (κ3) is 6.27. The van der Waals surface area contributed by atoms with Gasteiger partial charge in [0.1, 0.15) is 11.5 Å². The number of hydrogen-bond donors (Lipinski definition) is 2. The highest BCUT2D eigenvalue weighted by Crippen LogP contribution is 2.13. The van der Waals surface area contributed by atoms with Crippen LogP contribution in [0.4, 0.5) is 0 Å². The van der Waals surface area contributed by atoms with Crippen LogP contribution in [0.25, 0.3) is 0 Å². The molecular weight excluding hydrogens is 336 g/mol. The molecule has 0 radical (unpaired) electrons. The molecule has 0 heterocycles.